The van der Waals surface area contributed by atoms with Gasteiger partial charge < -0.3 is 15.2 Å². The summed E-state index contributed by atoms with van der Waals surface area (Å²) in [5.74, 6) is -1.53. The summed E-state index contributed by atoms with van der Waals surface area (Å²) in [5.41, 5.74) is 0.926. The maximum absolute atomic E-state index is 12.2. The molecule has 0 aliphatic rings. The van der Waals surface area contributed by atoms with Crippen LogP contribution >= 0.6 is 27.5 Å². The second-order valence-corrected chi connectivity index (χ2v) is 6.25. The molecule has 26 heavy (non-hydrogen) atoms. The first kappa shape index (κ1) is 19.5. The minimum absolute atomic E-state index is 0.115. The highest BCUT2D eigenvalue weighted by molar-refractivity contribution is 9.10. The number of carboxylic acid groups (broad SMARTS) is 1. The normalized spacial score (nSPS) is 10.7. The summed E-state index contributed by atoms with van der Waals surface area (Å²) in [6.45, 7) is -0.545. The number of nitrogens with one attached hydrogen (secondary N) is 1. The number of carboxylic acids is 1. The van der Waals surface area contributed by atoms with Crippen LogP contribution in [0.5, 0.6) is 5.75 Å². The van der Waals surface area contributed by atoms with E-state index in [1.807, 2.05) is 12.1 Å². The number of hydrogen-bond acceptors (Lipinski definition) is 4. The van der Waals surface area contributed by atoms with Crippen molar-refractivity contribution in [2.45, 2.75) is 0 Å². The zero-order valence-corrected chi connectivity index (χ0v) is 15.5. The highest BCUT2D eigenvalue weighted by atomic mass is 79.9. The lowest BCUT2D eigenvalue weighted by Crippen LogP contribution is -2.13. The molecule has 0 bridgehead atoms. The predicted octanol–water partition coefficient (Wildman–Crippen LogP) is 4.11. The van der Waals surface area contributed by atoms with Gasteiger partial charge in [-0.2, -0.15) is 5.26 Å². The molecule has 0 aliphatic carbocycles. The van der Waals surface area contributed by atoms with Gasteiger partial charge in [0, 0.05) is 5.69 Å². The maximum Gasteiger partial charge on any atom is 0.341 e. The number of para-hydroxylation sites is 1. The Hall–Kier alpha value is -2.82. The monoisotopic (exact) mass is 434 g/mol. The standard InChI is InChI=1S/C18H12BrClN2O4/c19-14-7-11(8-15(20)17(14)26-10-16(23)24)6-12(9-21)18(25)22-13-4-2-1-3-5-13/h1-8H,10H2,(H,22,25)(H,23,24)/b12-6-. The Morgan fingerprint density at radius 2 is 2.00 bits per heavy atom. The quantitative estimate of drug-likeness (QED) is 0.525. The van der Waals surface area contributed by atoms with E-state index in [2.05, 4.69) is 21.2 Å². The van der Waals surface area contributed by atoms with Crippen molar-refractivity contribution >= 4 is 51.2 Å². The zero-order valence-electron chi connectivity index (χ0n) is 13.2. The fourth-order valence-corrected chi connectivity index (χ4v) is 2.96. The average molecular weight is 436 g/mol. The summed E-state index contributed by atoms with van der Waals surface area (Å²) in [4.78, 5) is 22.8. The number of carbonyl (C=O) groups excluding carboxylic acids is 1. The number of anilines is 1. The van der Waals surface area contributed by atoms with E-state index in [9.17, 15) is 14.9 Å². The summed E-state index contributed by atoms with van der Waals surface area (Å²) in [5, 5.41) is 20.7. The summed E-state index contributed by atoms with van der Waals surface area (Å²) in [6, 6.07) is 13.6. The summed E-state index contributed by atoms with van der Waals surface area (Å²) in [7, 11) is 0. The van der Waals surface area contributed by atoms with Crippen molar-refractivity contribution in [1.82, 2.24) is 0 Å². The molecule has 0 saturated heterocycles. The summed E-state index contributed by atoms with van der Waals surface area (Å²) < 4.78 is 5.50. The topological polar surface area (TPSA) is 99.4 Å². The molecule has 0 radical (unpaired) electrons. The van der Waals surface area contributed by atoms with Gasteiger partial charge in [0.1, 0.15) is 11.6 Å². The zero-order chi connectivity index (χ0) is 19.1. The molecule has 0 unspecified atom stereocenters. The molecule has 0 aliphatic heterocycles. The third kappa shape index (κ3) is 5.34. The average Bonchev–Trinajstić information content (AvgIpc) is 2.59. The van der Waals surface area contributed by atoms with Crippen molar-refractivity contribution in [2.24, 2.45) is 0 Å². The first-order valence-corrected chi connectivity index (χ1v) is 8.39. The first-order valence-electron chi connectivity index (χ1n) is 7.22. The van der Waals surface area contributed by atoms with Crippen LogP contribution in [0.25, 0.3) is 6.08 Å². The molecular weight excluding hydrogens is 424 g/mol. The number of nitriles is 1. The van der Waals surface area contributed by atoms with Crippen LogP contribution in [0.1, 0.15) is 5.56 Å². The molecule has 0 heterocycles. The number of benzene rings is 2. The van der Waals surface area contributed by atoms with E-state index >= 15 is 0 Å². The number of aliphatic carboxylic acids is 1. The van der Waals surface area contributed by atoms with Crippen molar-refractivity contribution < 1.29 is 19.4 Å². The van der Waals surface area contributed by atoms with Crippen molar-refractivity contribution in [3.63, 3.8) is 0 Å². The van der Waals surface area contributed by atoms with E-state index in [4.69, 9.17) is 21.4 Å². The molecule has 2 aromatic carbocycles. The van der Waals surface area contributed by atoms with Gasteiger partial charge in [-0.3, -0.25) is 4.79 Å². The van der Waals surface area contributed by atoms with Crippen LogP contribution in [-0.2, 0) is 9.59 Å². The fourth-order valence-electron chi connectivity index (χ4n) is 1.97. The smallest absolute Gasteiger partial charge is 0.341 e. The van der Waals surface area contributed by atoms with E-state index < -0.39 is 18.5 Å². The van der Waals surface area contributed by atoms with E-state index in [0.717, 1.165) is 0 Å². The number of ether oxygens (including phenoxy) is 1. The van der Waals surface area contributed by atoms with Crippen LogP contribution in [0.3, 0.4) is 0 Å². The Labute approximate surface area is 162 Å². The Balaban J connectivity index is 2.24. The van der Waals surface area contributed by atoms with Gasteiger partial charge in [-0.25, -0.2) is 4.79 Å². The second kappa shape index (κ2) is 9.04. The number of amides is 1. The van der Waals surface area contributed by atoms with Gasteiger partial charge in [0.2, 0.25) is 0 Å². The third-order valence-electron chi connectivity index (χ3n) is 3.07. The van der Waals surface area contributed by atoms with Crippen LogP contribution in [0.4, 0.5) is 5.69 Å². The molecule has 132 valence electrons. The van der Waals surface area contributed by atoms with Gasteiger partial charge in [0.05, 0.1) is 9.50 Å². The van der Waals surface area contributed by atoms with Crippen molar-refractivity contribution in [2.75, 3.05) is 11.9 Å². The highest BCUT2D eigenvalue weighted by Crippen LogP contribution is 2.35. The molecule has 6 nitrogen and oxygen atoms in total. The highest BCUT2D eigenvalue weighted by Gasteiger charge is 2.13. The minimum atomic E-state index is -1.14. The van der Waals surface area contributed by atoms with Gasteiger partial charge >= 0.3 is 5.97 Å². The van der Waals surface area contributed by atoms with Crippen LogP contribution in [0.2, 0.25) is 5.02 Å². The second-order valence-electron chi connectivity index (χ2n) is 4.99. The Morgan fingerprint density at radius 1 is 1.31 bits per heavy atom. The molecule has 0 atom stereocenters. The van der Waals surface area contributed by atoms with Crippen molar-refractivity contribution in [3.8, 4) is 11.8 Å². The maximum atomic E-state index is 12.2. The molecule has 2 N–H and O–H groups in total. The minimum Gasteiger partial charge on any atom is -0.479 e. The third-order valence-corrected chi connectivity index (χ3v) is 3.94. The predicted molar refractivity (Wildman–Crippen MR) is 101 cm³/mol. The van der Waals surface area contributed by atoms with Crippen LogP contribution in [-0.4, -0.2) is 23.6 Å². The number of carbonyl (C=O) groups is 2. The fraction of sp³-hybridized carbons (Fsp3) is 0.0556. The molecular formula is C18H12BrClN2O4. The molecule has 0 saturated carbocycles. The number of nitrogens with zero attached hydrogens (tertiary/aromatic N) is 1. The van der Waals surface area contributed by atoms with E-state index in [0.29, 0.717) is 15.7 Å². The van der Waals surface area contributed by atoms with Gasteiger partial charge in [0.15, 0.2) is 12.4 Å². The van der Waals surface area contributed by atoms with Crippen molar-refractivity contribution in [3.05, 3.63) is 63.1 Å². The van der Waals surface area contributed by atoms with Crippen LogP contribution in [0.15, 0.2) is 52.5 Å². The lowest BCUT2D eigenvalue weighted by atomic mass is 10.1. The molecule has 0 aromatic heterocycles. The molecule has 1 amide bonds. The molecule has 0 fully saturated rings. The number of hydrogen-bond donors (Lipinski definition) is 2. The van der Waals surface area contributed by atoms with Gasteiger partial charge in [-0.05, 0) is 51.8 Å². The van der Waals surface area contributed by atoms with E-state index in [-0.39, 0.29) is 16.3 Å². The SMILES string of the molecule is N#C/C(=C/c1cc(Cl)c(OCC(=O)O)c(Br)c1)C(=O)Nc1ccccc1. The van der Waals surface area contributed by atoms with E-state index in [1.54, 1.807) is 30.3 Å². The van der Waals surface area contributed by atoms with Gasteiger partial charge in [-0.1, -0.05) is 29.8 Å². The molecule has 8 heteroatoms. The van der Waals surface area contributed by atoms with Crippen LogP contribution in [0, 0.1) is 11.3 Å². The first-order chi connectivity index (χ1) is 12.4. The molecule has 0 spiro atoms. The lowest BCUT2D eigenvalue weighted by Gasteiger charge is -2.09. The van der Waals surface area contributed by atoms with E-state index in [1.165, 1.54) is 12.1 Å². The Bertz CT molecular complexity index is 884. The van der Waals surface area contributed by atoms with Gasteiger partial charge in [-0.15, -0.1) is 0 Å². The Morgan fingerprint density at radius 3 is 2.58 bits per heavy atom. The number of halogens is 2. The van der Waals surface area contributed by atoms with Crippen molar-refractivity contribution in [1.29, 1.82) is 5.26 Å². The molecule has 2 rings (SSSR count). The number of rotatable bonds is 6. The summed E-state index contributed by atoms with van der Waals surface area (Å²) >= 11 is 9.33. The lowest BCUT2D eigenvalue weighted by molar-refractivity contribution is -0.139. The Kier molecular flexibility index (Phi) is 6.78. The molecule has 2 aromatic rings. The van der Waals surface area contributed by atoms with Gasteiger partial charge in [0.25, 0.3) is 5.91 Å². The largest absolute Gasteiger partial charge is 0.479 e. The summed E-state index contributed by atoms with van der Waals surface area (Å²) in [6.07, 6.45) is 1.37. The van der Waals surface area contributed by atoms with Crippen LogP contribution < -0.4 is 10.1 Å².